The largest absolute Gasteiger partial charge is 0.383 e. The molecule has 102 valence electrons. The van der Waals surface area contributed by atoms with E-state index in [0.717, 1.165) is 37.1 Å². The molecule has 0 spiro atoms. The van der Waals surface area contributed by atoms with Gasteiger partial charge in [0.05, 0.1) is 6.61 Å². The quantitative estimate of drug-likeness (QED) is 0.746. The molecule has 0 bridgehead atoms. The average molecular weight is 315 g/mol. The molecule has 0 aliphatic rings. The summed E-state index contributed by atoms with van der Waals surface area (Å²) in [6.07, 6.45) is 1.16. The Morgan fingerprint density at radius 1 is 1.39 bits per heavy atom. The maximum atomic E-state index is 5.09. The van der Waals surface area contributed by atoms with E-state index in [0.29, 0.717) is 0 Å². The van der Waals surface area contributed by atoms with Crippen LogP contribution in [0.3, 0.4) is 0 Å². The monoisotopic (exact) mass is 314 g/mol. The van der Waals surface area contributed by atoms with Gasteiger partial charge in [-0.15, -0.1) is 0 Å². The fourth-order valence-corrected chi connectivity index (χ4v) is 2.18. The topological polar surface area (TPSA) is 24.5 Å². The Hall–Kier alpha value is -0.580. The molecule has 0 amide bonds. The third kappa shape index (κ3) is 4.96. The van der Waals surface area contributed by atoms with E-state index >= 15 is 0 Å². The van der Waals surface area contributed by atoms with E-state index in [1.54, 1.807) is 7.11 Å². The molecule has 4 heteroatoms. The maximum Gasteiger partial charge on any atom is 0.0637 e. The van der Waals surface area contributed by atoms with Gasteiger partial charge in [0, 0.05) is 37.4 Å². The van der Waals surface area contributed by atoms with Gasteiger partial charge in [-0.3, -0.25) is 0 Å². The Morgan fingerprint density at radius 2 is 2.17 bits per heavy atom. The predicted octanol–water partition coefficient (Wildman–Crippen LogP) is 3.03. The lowest BCUT2D eigenvalue weighted by molar-refractivity contribution is 0.206. The first-order chi connectivity index (χ1) is 8.69. The highest BCUT2D eigenvalue weighted by atomic mass is 79.9. The third-order valence-corrected chi connectivity index (χ3v) is 3.59. The van der Waals surface area contributed by atoms with Gasteiger partial charge < -0.3 is 15.0 Å². The zero-order valence-corrected chi connectivity index (χ0v) is 13.1. The molecule has 0 radical (unpaired) electrons. The minimum atomic E-state index is 0.744. The minimum absolute atomic E-state index is 0.744. The first-order valence-corrected chi connectivity index (χ1v) is 7.17. The number of benzene rings is 1. The summed E-state index contributed by atoms with van der Waals surface area (Å²) in [4.78, 5) is 2.19. The van der Waals surface area contributed by atoms with Gasteiger partial charge in [0.15, 0.2) is 0 Å². The Balaban J connectivity index is 2.60. The first-order valence-electron chi connectivity index (χ1n) is 6.38. The molecule has 0 atom stereocenters. The van der Waals surface area contributed by atoms with Crippen LogP contribution >= 0.6 is 15.9 Å². The molecule has 0 aromatic heterocycles. The van der Waals surface area contributed by atoms with Gasteiger partial charge >= 0.3 is 0 Å². The fraction of sp³-hybridized carbons (Fsp3) is 0.571. The number of anilines is 1. The summed E-state index contributed by atoms with van der Waals surface area (Å²) in [5.74, 6) is 0. The van der Waals surface area contributed by atoms with Crippen LogP contribution in [0, 0.1) is 0 Å². The van der Waals surface area contributed by atoms with E-state index < -0.39 is 0 Å². The van der Waals surface area contributed by atoms with Gasteiger partial charge in [-0.2, -0.15) is 0 Å². The second-order valence-electron chi connectivity index (χ2n) is 4.37. The van der Waals surface area contributed by atoms with Crippen molar-refractivity contribution in [2.45, 2.75) is 19.9 Å². The normalized spacial score (nSPS) is 10.7. The van der Waals surface area contributed by atoms with Crippen LogP contribution in [-0.2, 0) is 11.3 Å². The van der Waals surface area contributed by atoms with E-state index in [1.807, 2.05) is 0 Å². The predicted molar refractivity (Wildman–Crippen MR) is 81.3 cm³/mol. The van der Waals surface area contributed by atoms with E-state index in [4.69, 9.17) is 4.74 Å². The molecule has 0 aliphatic heterocycles. The highest BCUT2D eigenvalue weighted by Crippen LogP contribution is 2.23. The SMILES string of the molecule is CCCNCc1ccc(N(C)CCOC)cc1Br. The number of likely N-dealkylation sites (N-methyl/N-ethyl adjacent to an activating group) is 1. The molecule has 3 nitrogen and oxygen atoms in total. The molecule has 0 saturated carbocycles. The molecule has 1 N–H and O–H groups in total. The van der Waals surface area contributed by atoms with Crippen LogP contribution in [0.4, 0.5) is 5.69 Å². The number of hydrogen-bond acceptors (Lipinski definition) is 3. The van der Waals surface area contributed by atoms with Crippen molar-refractivity contribution in [2.24, 2.45) is 0 Å². The second-order valence-corrected chi connectivity index (χ2v) is 5.22. The molecule has 0 heterocycles. The van der Waals surface area contributed by atoms with E-state index in [9.17, 15) is 0 Å². The molecule has 1 aromatic carbocycles. The Kier molecular flexibility index (Phi) is 7.32. The van der Waals surface area contributed by atoms with Crippen LogP contribution in [0.5, 0.6) is 0 Å². The van der Waals surface area contributed by atoms with Crippen molar-refractivity contribution >= 4 is 21.6 Å². The number of hydrogen-bond donors (Lipinski definition) is 1. The smallest absolute Gasteiger partial charge is 0.0637 e. The zero-order valence-electron chi connectivity index (χ0n) is 11.5. The zero-order chi connectivity index (χ0) is 13.4. The highest BCUT2D eigenvalue weighted by molar-refractivity contribution is 9.10. The van der Waals surface area contributed by atoms with Crippen molar-refractivity contribution in [1.82, 2.24) is 5.32 Å². The number of methoxy groups -OCH3 is 1. The van der Waals surface area contributed by atoms with Gasteiger partial charge in [0.1, 0.15) is 0 Å². The standard InChI is InChI=1S/C14H23BrN2O/c1-4-7-16-11-12-5-6-13(10-14(12)15)17(2)8-9-18-3/h5-6,10,16H,4,7-9,11H2,1-3H3. The molecule has 0 unspecified atom stereocenters. The van der Waals surface area contributed by atoms with Crippen LogP contribution in [0.15, 0.2) is 22.7 Å². The summed E-state index contributed by atoms with van der Waals surface area (Å²) in [6, 6.07) is 6.49. The van der Waals surface area contributed by atoms with Crippen molar-refractivity contribution in [2.75, 3.05) is 38.8 Å². The molecular formula is C14H23BrN2O. The summed E-state index contributed by atoms with van der Waals surface area (Å²) >= 11 is 3.64. The summed E-state index contributed by atoms with van der Waals surface area (Å²) in [5, 5.41) is 3.41. The fourth-order valence-electron chi connectivity index (χ4n) is 1.67. The Morgan fingerprint density at radius 3 is 2.78 bits per heavy atom. The first kappa shape index (κ1) is 15.5. The van der Waals surface area contributed by atoms with Crippen LogP contribution in [-0.4, -0.2) is 33.9 Å². The summed E-state index contributed by atoms with van der Waals surface area (Å²) < 4.78 is 6.25. The van der Waals surface area contributed by atoms with Crippen LogP contribution < -0.4 is 10.2 Å². The van der Waals surface area contributed by atoms with Crippen molar-refractivity contribution in [3.05, 3.63) is 28.2 Å². The summed E-state index contributed by atoms with van der Waals surface area (Å²) in [6.45, 7) is 5.79. The molecule has 1 rings (SSSR count). The molecule has 1 aromatic rings. The lowest BCUT2D eigenvalue weighted by Gasteiger charge is -2.20. The van der Waals surface area contributed by atoms with Crippen LogP contribution in [0.2, 0.25) is 0 Å². The minimum Gasteiger partial charge on any atom is -0.383 e. The van der Waals surface area contributed by atoms with Crippen LogP contribution in [0.25, 0.3) is 0 Å². The van der Waals surface area contributed by atoms with Crippen molar-refractivity contribution in [3.63, 3.8) is 0 Å². The number of nitrogens with one attached hydrogen (secondary N) is 1. The summed E-state index contributed by atoms with van der Waals surface area (Å²) in [5.41, 5.74) is 2.51. The van der Waals surface area contributed by atoms with E-state index in [1.165, 1.54) is 11.3 Å². The second kappa shape index (κ2) is 8.51. The van der Waals surface area contributed by atoms with Gasteiger partial charge in [-0.05, 0) is 30.7 Å². The molecule has 18 heavy (non-hydrogen) atoms. The highest BCUT2D eigenvalue weighted by Gasteiger charge is 2.04. The van der Waals surface area contributed by atoms with E-state index in [2.05, 4.69) is 58.3 Å². The molecule has 0 aliphatic carbocycles. The van der Waals surface area contributed by atoms with E-state index in [-0.39, 0.29) is 0 Å². The maximum absolute atomic E-state index is 5.09. The van der Waals surface area contributed by atoms with Gasteiger partial charge in [0.25, 0.3) is 0 Å². The van der Waals surface area contributed by atoms with Crippen molar-refractivity contribution in [3.8, 4) is 0 Å². The number of halogens is 1. The van der Waals surface area contributed by atoms with Crippen molar-refractivity contribution < 1.29 is 4.74 Å². The number of rotatable bonds is 8. The van der Waals surface area contributed by atoms with Gasteiger partial charge in [-0.25, -0.2) is 0 Å². The molecular weight excluding hydrogens is 292 g/mol. The molecule has 0 saturated heterocycles. The molecule has 0 fully saturated rings. The van der Waals surface area contributed by atoms with Gasteiger partial charge in [-0.1, -0.05) is 28.9 Å². The van der Waals surface area contributed by atoms with Crippen molar-refractivity contribution in [1.29, 1.82) is 0 Å². The summed E-state index contributed by atoms with van der Waals surface area (Å²) in [7, 11) is 3.81. The third-order valence-electron chi connectivity index (χ3n) is 2.85. The van der Waals surface area contributed by atoms with Gasteiger partial charge in [0.2, 0.25) is 0 Å². The number of ether oxygens (including phenoxy) is 1. The average Bonchev–Trinajstić information content (AvgIpc) is 2.38. The number of nitrogens with zero attached hydrogens (tertiary/aromatic N) is 1. The van der Waals surface area contributed by atoms with Crippen LogP contribution in [0.1, 0.15) is 18.9 Å². The lowest BCUT2D eigenvalue weighted by atomic mass is 10.2. The Bertz CT molecular complexity index is 358. The lowest BCUT2D eigenvalue weighted by Crippen LogP contribution is -2.22. The Labute approximate surface area is 119 Å².